The second kappa shape index (κ2) is 8.01. The number of nitrogens with zero attached hydrogens (tertiary/aromatic N) is 2. The number of aryl methyl sites for hydroxylation is 1. The highest BCUT2D eigenvalue weighted by atomic mass is 32.2. The van der Waals surface area contributed by atoms with Crippen LogP contribution in [0.4, 0.5) is 0 Å². The molecule has 1 aliphatic rings. The molecule has 3 rings (SSSR count). The molecular weight excluding hydrogens is 348 g/mol. The number of carbonyl (C=O) groups is 1. The summed E-state index contributed by atoms with van der Waals surface area (Å²) in [6.45, 7) is 3.61. The molecule has 0 bridgehead atoms. The molecular formula is C20H24N2O3S. The Bertz CT molecular complexity index is 840. The molecule has 1 aliphatic heterocycles. The number of amides is 1. The number of benzene rings is 2. The molecule has 0 unspecified atom stereocenters. The van der Waals surface area contributed by atoms with Gasteiger partial charge in [-0.3, -0.25) is 4.79 Å². The second-order valence-electron chi connectivity index (χ2n) is 6.68. The molecule has 6 heteroatoms. The summed E-state index contributed by atoms with van der Waals surface area (Å²) >= 11 is 0. The number of carbonyl (C=O) groups excluding carboxylic acids is 1. The van der Waals surface area contributed by atoms with E-state index in [1.54, 1.807) is 4.90 Å². The predicted octanol–water partition coefficient (Wildman–Crippen LogP) is 2.21. The number of hydrogen-bond donors (Lipinski definition) is 0. The lowest BCUT2D eigenvalue weighted by atomic mass is 10.1. The molecule has 0 atom stereocenters. The topological polar surface area (TPSA) is 57.7 Å². The molecule has 2 aromatic carbocycles. The number of sulfonamides is 1. The van der Waals surface area contributed by atoms with Gasteiger partial charge in [-0.1, -0.05) is 60.2 Å². The van der Waals surface area contributed by atoms with Gasteiger partial charge in [-0.2, -0.15) is 4.31 Å². The maximum absolute atomic E-state index is 12.6. The first-order valence-electron chi connectivity index (χ1n) is 8.79. The Morgan fingerprint density at radius 1 is 0.885 bits per heavy atom. The molecule has 0 radical (unpaired) electrons. The lowest BCUT2D eigenvalue weighted by Gasteiger charge is -2.34. The van der Waals surface area contributed by atoms with E-state index in [1.807, 2.05) is 61.5 Å². The van der Waals surface area contributed by atoms with Crippen molar-refractivity contribution < 1.29 is 13.2 Å². The Balaban J connectivity index is 1.54. The van der Waals surface area contributed by atoms with Gasteiger partial charge in [-0.05, 0) is 18.1 Å². The van der Waals surface area contributed by atoms with E-state index < -0.39 is 10.0 Å². The molecule has 0 aromatic heterocycles. The summed E-state index contributed by atoms with van der Waals surface area (Å²) in [5.74, 6) is 0.0551. The van der Waals surface area contributed by atoms with E-state index in [9.17, 15) is 13.2 Å². The molecule has 1 fully saturated rings. The number of hydrogen-bond acceptors (Lipinski definition) is 3. The summed E-state index contributed by atoms with van der Waals surface area (Å²) in [5, 5.41) is 0. The van der Waals surface area contributed by atoms with Crippen molar-refractivity contribution >= 4 is 15.9 Å². The van der Waals surface area contributed by atoms with Crippen LogP contribution in [-0.4, -0.2) is 49.7 Å². The smallest absolute Gasteiger partial charge is 0.227 e. The Morgan fingerprint density at radius 3 is 2.12 bits per heavy atom. The summed E-state index contributed by atoms with van der Waals surface area (Å²) in [5.41, 5.74) is 2.93. The minimum absolute atomic E-state index is 0.00511. The van der Waals surface area contributed by atoms with Crippen LogP contribution >= 0.6 is 0 Å². The Kier molecular flexibility index (Phi) is 5.74. The van der Waals surface area contributed by atoms with Crippen LogP contribution in [0.5, 0.6) is 0 Å². The third-order valence-electron chi connectivity index (χ3n) is 4.65. The van der Waals surface area contributed by atoms with Gasteiger partial charge in [0.15, 0.2) is 0 Å². The monoisotopic (exact) mass is 372 g/mol. The van der Waals surface area contributed by atoms with Crippen molar-refractivity contribution in [2.24, 2.45) is 0 Å². The lowest BCUT2D eigenvalue weighted by Crippen LogP contribution is -2.51. The summed E-state index contributed by atoms with van der Waals surface area (Å²) in [6.07, 6.45) is 0.358. The first-order valence-corrected chi connectivity index (χ1v) is 10.4. The molecule has 0 aliphatic carbocycles. The van der Waals surface area contributed by atoms with Crippen molar-refractivity contribution in [1.29, 1.82) is 0 Å². The van der Waals surface area contributed by atoms with E-state index in [1.165, 1.54) is 9.87 Å². The highest BCUT2D eigenvalue weighted by Crippen LogP contribution is 2.14. The van der Waals surface area contributed by atoms with Gasteiger partial charge in [0.05, 0.1) is 12.2 Å². The molecule has 1 heterocycles. The highest BCUT2D eigenvalue weighted by molar-refractivity contribution is 7.88. The summed E-state index contributed by atoms with van der Waals surface area (Å²) in [4.78, 5) is 14.2. The molecule has 0 saturated carbocycles. The van der Waals surface area contributed by atoms with E-state index in [0.717, 1.165) is 11.1 Å². The van der Waals surface area contributed by atoms with Crippen molar-refractivity contribution in [3.8, 4) is 0 Å². The van der Waals surface area contributed by atoms with Crippen LogP contribution in [0.3, 0.4) is 0 Å². The van der Waals surface area contributed by atoms with Crippen molar-refractivity contribution in [2.75, 3.05) is 26.2 Å². The minimum atomic E-state index is -3.35. The van der Waals surface area contributed by atoms with E-state index >= 15 is 0 Å². The highest BCUT2D eigenvalue weighted by Gasteiger charge is 2.28. The maximum Gasteiger partial charge on any atom is 0.227 e. The molecule has 138 valence electrons. The zero-order valence-electron chi connectivity index (χ0n) is 15.0. The first-order chi connectivity index (χ1) is 12.4. The molecule has 0 spiro atoms. The van der Waals surface area contributed by atoms with Gasteiger partial charge in [0.1, 0.15) is 0 Å². The van der Waals surface area contributed by atoms with Gasteiger partial charge < -0.3 is 4.90 Å². The standard InChI is InChI=1S/C20H24N2O3S/c1-17-7-9-18(10-8-17)15-20(23)21-11-13-22(14-12-21)26(24,25)16-19-5-3-2-4-6-19/h2-10H,11-16H2,1H3. The van der Waals surface area contributed by atoms with E-state index in [0.29, 0.717) is 32.6 Å². The fourth-order valence-electron chi connectivity index (χ4n) is 3.08. The fourth-order valence-corrected chi connectivity index (χ4v) is 4.60. The van der Waals surface area contributed by atoms with Crippen molar-refractivity contribution in [1.82, 2.24) is 9.21 Å². The van der Waals surface area contributed by atoms with E-state index in [2.05, 4.69) is 0 Å². The van der Waals surface area contributed by atoms with Crippen LogP contribution in [-0.2, 0) is 27.0 Å². The van der Waals surface area contributed by atoms with Crippen LogP contribution < -0.4 is 0 Å². The van der Waals surface area contributed by atoms with Gasteiger partial charge in [0, 0.05) is 26.2 Å². The second-order valence-corrected chi connectivity index (χ2v) is 8.65. The summed E-state index contributed by atoms with van der Waals surface area (Å²) < 4.78 is 26.6. The largest absolute Gasteiger partial charge is 0.340 e. The summed E-state index contributed by atoms with van der Waals surface area (Å²) in [6, 6.07) is 17.1. The van der Waals surface area contributed by atoms with Crippen LogP contribution in [0.1, 0.15) is 16.7 Å². The average molecular weight is 372 g/mol. The predicted molar refractivity (Wildman–Crippen MR) is 102 cm³/mol. The number of rotatable bonds is 5. The van der Waals surface area contributed by atoms with Gasteiger partial charge in [-0.15, -0.1) is 0 Å². The average Bonchev–Trinajstić information content (AvgIpc) is 2.64. The lowest BCUT2D eigenvalue weighted by molar-refractivity contribution is -0.131. The molecule has 1 amide bonds. The third kappa shape index (κ3) is 4.71. The SMILES string of the molecule is Cc1ccc(CC(=O)N2CCN(S(=O)(=O)Cc3ccccc3)CC2)cc1. The first kappa shape index (κ1) is 18.6. The zero-order chi connectivity index (χ0) is 18.6. The van der Waals surface area contributed by atoms with Gasteiger partial charge in [0.2, 0.25) is 15.9 Å². The molecule has 5 nitrogen and oxygen atoms in total. The van der Waals surface area contributed by atoms with Crippen LogP contribution in [0.25, 0.3) is 0 Å². The van der Waals surface area contributed by atoms with Gasteiger partial charge >= 0.3 is 0 Å². The minimum Gasteiger partial charge on any atom is -0.340 e. The Hall–Kier alpha value is -2.18. The third-order valence-corrected chi connectivity index (χ3v) is 6.50. The van der Waals surface area contributed by atoms with Crippen molar-refractivity contribution in [3.63, 3.8) is 0 Å². The van der Waals surface area contributed by atoms with E-state index in [4.69, 9.17) is 0 Å². The quantitative estimate of drug-likeness (QED) is 0.809. The summed E-state index contributed by atoms with van der Waals surface area (Å²) in [7, 11) is -3.35. The van der Waals surface area contributed by atoms with Crippen LogP contribution in [0.2, 0.25) is 0 Å². The van der Waals surface area contributed by atoms with Crippen LogP contribution in [0.15, 0.2) is 54.6 Å². The Labute approximate surface area is 155 Å². The molecule has 1 saturated heterocycles. The van der Waals surface area contributed by atoms with Crippen molar-refractivity contribution in [2.45, 2.75) is 19.1 Å². The van der Waals surface area contributed by atoms with Gasteiger partial charge in [0.25, 0.3) is 0 Å². The fraction of sp³-hybridized carbons (Fsp3) is 0.350. The Morgan fingerprint density at radius 2 is 1.50 bits per heavy atom. The molecule has 2 aromatic rings. The zero-order valence-corrected chi connectivity index (χ0v) is 15.8. The molecule has 0 N–H and O–H groups in total. The van der Waals surface area contributed by atoms with Crippen molar-refractivity contribution in [3.05, 3.63) is 71.3 Å². The van der Waals surface area contributed by atoms with Crippen LogP contribution in [0, 0.1) is 6.92 Å². The number of piperazine rings is 1. The normalized spacial score (nSPS) is 15.8. The molecule has 26 heavy (non-hydrogen) atoms. The van der Waals surface area contributed by atoms with Gasteiger partial charge in [-0.25, -0.2) is 8.42 Å². The van der Waals surface area contributed by atoms with E-state index in [-0.39, 0.29) is 11.7 Å². The maximum atomic E-state index is 12.6.